The number of carbonyl (C=O) groups is 1. The third-order valence-electron chi connectivity index (χ3n) is 3.04. The number of aryl methyl sites for hydroxylation is 3. The van der Waals surface area contributed by atoms with Crippen LogP contribution in [0.1, 0.15) is 28.5 Å². The summed E-state index contributed by atoms with van der Waals surface area (Å²) in [5, 5.41) is 4.21. The van der Waals surface area contributed by atoms with E-state index in [9.17, 15) is 4.79 Å². The number of rotatable bonds is 2. The second kappa shape index (κ2) is 4.17. The Kier molecular flexibility index (Phi) is 2.84. The summed E-state index contributed by atoms with van der Waals surface area (Å²) >= 11 is 0. The molecule has 17 heavy (non-hydrogen) atoms. The van der Waals surface area contributed by atoms with Crippen molar-refractivity contribution in [2.45, 2.75) is 20.8 Å². The molecule has 0 bridgehead atoms. The first-order valence-corrected chi connectivity index (χ1v) is 5.61. The van der Waals surface area contributed by atoms with Crippen molar-refractivity contribution in [1.82, 2.24) is 9.78 Å². The van der Waals surface area contributed by atoms with Gasteiger partial charge in [0.15, 0.2) is 5.78 Å². The van der Waals surface area contributed by atoms with Gasteiger partial charge in [-0.2, -0.15) is 5.10 Å². The molecule has 1 heterocycles. The number of aromatic nitrogens is 2. The largest absolute Gasteiger partial charge is 0.293 e. The highest BCUT2D eigenvalue weighted by molar-refractivity contribution is 5.93. The molecule has 1 aromatic carbocycles. The van der Waals surface area contributed by atoms with Crippen LogP contribution in [0.3, 0.4) is 0 Å². The van der Waals surface area contributed by atoms with Gasteiger partial charge in [-0.1, -0.05) is 12.1 Å². The quantitative estimate of drug-likeness (QED) is 0.741. The average molecular weight is 228 g/mol. The molecule has 0 radical (unpaired) electrons. The average Bonchev–Trinajstić information content (AvgIpc) is 2.65. The Hall–Kier alpha value is -1.90. The van der Waals surface area contributed by atoms with Crippen molar-refractivity contribution in [3.8, 4) is 11.3 Å². The molecule has 3 heteroatoms. The highest BCUT2D eigenvalue weighted by Gasteiger charge is 2.10. The first kappa shape index (κ1) is 11.6. The molecule has 88 valence electrons. The van der Waals surface area contributed by atoms with Crippen LogP contribution in [0.5, 0.6) is 0 Å². The van der Waals surface area contributed by atoms with Crippen molar-refractivity contribution in [2.24, 2.45) is 7.05 Å². The molecule has 1 aromatic heterocycles. The fourth-order valence-corrected chi connectivity index (χ4v) is 1.81. The lowest BCUT2D eigenvalue weighted by molar-refractivity contribution is 0.101. The van der Waals surface area contributed by atoms with E-state index in [0.29, 0.717) is 5.69 Å². The number of nitrogens with zero attached hydrogens (tertiary/aromatic N) is 2. The molecule has 0 saturated heterocycles. The zero-order valence-corrected chi connectivity index (χ0v) is 10.6. The van der Waals surface area contributed by atoms with Gasteiger partial charge in [0.25, 0.3) is 0 Å². The number of ketones is 1. The number of benzene rings is 1. The van der Waals surface area contributed by atoms with E-state index in [4.69, 9.17) is 0 Å². The zero-order valence-electron chi connectivity index (χ0n) is 10.6. The fraction of sp³-hybridized carbons (Fsp3) is 0.286. The van der Waals surface area contributed by atoms with Gasteiger partial charge in [0, 0.05) is 19.5 Å². The normalized spacial score (nSPS) is 10.6. The lowest BCUT2D eigenvalue weighted by Crippen LogP contribution is -1.97. The lowest BCUT2D eigenvalue weighted by Gasteiger charge is -2.05. The Morgan fingerprint density at radius 3 is 2.41 bits per heavy atom. The van der Waals surface area contributed by atoms with Crippen LogP contribution >= 0.6 is 0 Å². The molecule has 0 aliphatic carbocycles. The van der Waals surface area contributed by atoms with Crippen molar-refractivity contribution in [2.75, 3.05) is 0 Å². The van der Waals surface area contributed by atoms with E-state index < -0.39 is 0 Å². The molecule has 0 aliphatic heterocycles. The van der Waals surface area contributed by atoms with Gasteiger partial charge in [-0.25, -0.2) is 0 Å². The molecular formula is C14H16N2O. The Labute approximate surface area is 101 Å². The first-order valence-electron chi connectivity index (χ1n) is 5.61. The molecule has 0 unspecified atom stereocenters. The maximum atomic E-state index is 11.3. The summed E-state index contributed by atoms with van der Waals surface area (Å²) in [6.07, 6.45) is 0. The molecule has 3 nitrogen and oxygen atoms in total. The van der Waals surface area contributed by atoms with E-state index in [1.807, 2.05) is 13.1 Å². The van der Waals surface area contributed by atoms with Crippen molar-refractivity contribution >= 4 is 5.78 Å². The third kappa shape index (κ3) is 2.13. The minimum atomic E-state index is -0.00400. The summed E-state index contributed by atoms with van der Waals surface area (Å²) in [5.74, 6) is -0.00400. The summed E-state index contributed by atoms with van der Waals surface area (Å²) in [6, 6.07) is 8.11. The van der Waals surface area contributed by atoms with Crippen LogP contribution in [-0.2, 0) is 7.05 Å². The summed E-state index contributed by atoms with van der Waals surface area (Å²) < 4.78 is 1.75. The molecule has 0 atom stereocenters. The SMILES string of the molecule is CC(=O)c1cc(-c2ccc(C)c(C)c2)n(C)n1. The minimum Gasteiger partial charge on any atom is -0.293 e. The van der Waals surface area contributed by atoms with Gasteiger partial charge in [-0.3, -0.25) is 9.48 Å². The van der Waals surface area contributed by atoms with E-state index in [2.05, 4.69) is 37.1 Å². The Morgan fingerprint density at radius 1 is 1.18 bits per heavy atom. The minimum absolute atomic E-state index is 0.00400. The van der Waals surface area contributed by atoms with Gasteiger partial charge >= 0.3 is 0 Å². The molecule has 0 N–H and O–H groups in total. The topological polar surface area (TPSA) is 34.9 Å². The van der Waals surface area contributed by atoms with Gasteiger partial charge in [0.05, 0.1) is 5.69 Å². The molecule has 0 amide bonds. The van der Waals surface area contributed by atoms with Crippen LogP contribution in [-0.4, -0.2) is 15.6 Å². The summed E-state index contributed by atoms with van der Waals surface area (Å²) in [4.78, 5) is 11.3. The molecule has 0 aliphatic rings. The maximum Gasteiger partial charge on any atom is 0.180 e. The van der Waals surface area contributed by atoms with Gasteiger partial charge in [-0.05, 0) is 37.1 Å². The molecular weight excluding hydrogens is 212 g/mol. The number of hydrogen-bond donors (Lipinski definition) is 0. The van der Waals surface area contributed by atoms with E-state index in [0.717, 1.165) is 11.3 Å². The van der Waals surface area contributed by atoms with Gasteiger partial charge in [0.1, 0.15) is 5.69 Å². The van der Waals surface area contributed by atoms with E-state index in [-0.39, 0.29) is 5.78 Å². The highest BCUT2D eigenvalue weighted by Crippen LogP contribution is 2.22. The van der Waals surface area contributed by atoms with E-state index in [1.165, 1.54) is 18.1 Å². The van der Waals surface area contributed by atoms with Crippen LogP contribution in [0.15, 0.2) is 24.3 Å². The summed E-state index contributed by atoms with van der Waals surface area (Å²) in [7, 11) is 1.86. The van der Waals surface area contributed by atoms with Crippen molar-refractivity contribution < 1.29 is 4.79 Å². The lowest BCUT2D eigenvalue weighted by atomic mass is 10.0. The van der Waals surface area contributed by atoms with Gasteiger partial charge < -0.3 is 0 Å². The van der Waals surface area contributed by atoms with Crippen molar-refractivity contribution in [1.29, 1.82) is 0 Å². The summed E-state index contributed by atoms with van der Waals surface area (Å²) in [5.41, 5.74) is 5.09. The van der Waals surface area contributed by atoms with Crippen LogP contribution in [0.2, 0.25) is 0 Å². The predicted octanol–water partition coefficient (Wildman–Crippen LogP) is 2.91. The zero-order chi connectivity index (χ0) is 12.6. The van der Waals surface area contributed by atoms with Crippen LogP contribution in [0, 0.1) is 13.8 Å². The molecule has 0 saturated carbocycles. The Balaban J connectivity index is 2.52. The third-order valence-corrected chi connectivity index (χ3v) is 3.04. The fourth-order valence-electron chi connectivity index (χ4n) is 1.81. The van der Waals surface area contributed by atoms with E-state index in [1.54, 1.807) is 4.68 Å². The Morgan fingerprint density at radius 2 is 1.88 bits per heavy atom. The van der Waals surface area contributed by atoms with Crippen LogP contribution < -0.4 is 0 Å². The number of hydrogen-bond acceptors (Lipinski definition) is 2. The Bertz CT molecular complexity index is 582. The molecule has 2 rings (SSSR count). The molecule has 0 spiro atoms. The second-order valence-electron chi connectivity index (χ2n) is 4.39. The van der Waals surface area contributed by atoms with Gasteiger partial charge in [-0.15, -0.1) is 0 Å². The molecule has 2 aromatic rings. The van der Waals surface area contributed by atoms with E-state index >= 15 is 0 Å². The van der Waals surface area contributed by atoms with Crippen molar-refractivity contribution in [3.05, 3.63) is 41.1 Å². The standard InChI is InChI=1S/C14H16N2O/c1-9-5-6-12(7-10(9)2)14-8-13(11(3)17)15-16(14)4/h5-8H,1-4H3. The van der Waals surface area contributed by atoms with Crippen LogP contribution in [0.4, 0.5) is 0 Å². The number of carbonyl (C=O) groups excluding carboxylic acids is 1. The van der Waals surface area contributed by atoms with Crippen LogP contribution in [0.25, 0.3) is 11.3 Å². The van der Waals surface area contributed by atoms with Crippen molar-refractivity contribution in [3.63, 3.8) is 0 Å². The number of Topliss-reactive ketones (excluding diaryl/α,β-unsaturated/α-hetero) is 1. The molecule has 0 fully saturated rings. The maximum absolute atomic E-state index is 11.3. The van der Waals surface area contributed by atoms with Gasteiger partial charge in [0.2, 0.25) is 0 Å². The second-order valence-corrected chi connectivity index (χ2v) is 4.39. The smallest absolute Gasteiger partial charge is 0.180 e. The summed E-state index contributed by atoms with van der Waals surface area (Å²) in [6.45, 7) is 5.71. The monoisotopic (exact) mass is 228 g/mol. The predicted molar refractivity (Wildman–Crippen MR) is 68.1 cm³/mol. The first-order chi connectivity index (χ1) is 7.99. The highest BCUT2D eigenvalue weighted by atomic mass is 16.1.